The first-order chi connectivity index (χ1) is 7.69. The largest absolute Gasteiger partial charge is 0.377 e. The number of ether oxygens (including phenoxy) is 1. The van der Waals surface area contributed by atoms with Crippen LogP contribution in [0.3, 0.4) is 0 Å². The van der Waals surface area contributed by atoms with Crippen LogP contribution in [0.2, 0.25) is 0 Å². The maximum atomic E-state index is 5.78. The molecule has 3 nitrogen and oxygen atoms in total. The molecule has 0 spiro atoms. The molecule has 3 heteroatoms. The molecule has 1 N–H and O–H groups in total. The van der Waals surface area contributed by atoms with Gasteiger partial charge in [-0.3, -0.25) is 4.90 Å². The molecule has 1 rings (SSSR count). The van der Waals surface area contributed by atoms with E-state index in [4.69, 9.17) is 4.74 Å². The Balaban J connectivity index is 2.34. The molecule has 3 atom stereocenters. The summed E-state index contributed by atoms with van der Waals surface area (Å²) in [4.78, 5) is 2.43. The predicted octanol–water partition coefficient (Wildman–Crippen LogP) is 1.87. The molecular formula is C13H28N2O. The summed E-state index contributed by atoms with van der Waals surface area (Å²) >= 11 is 0. The van der Waals surface area contributed by atoms with Gasteiger partial charge in [-0.15, -0.1) is 0 Å². The van der Waals surface area contributed by atoms with Crippen LogP contribution in [0.15, 0.2) is 0 Å². The highest BCUT2D eigenvalue weighted by Crippen LogP contribution is 2.15. The van der Waals surface area contributed by atoms with Crippen molar-refractivity contribution < 1.29 is 4.74 Å². The number of rotatable bonds is 6. The number of nitrogens with zero attached hydrogens (tertiary/aromatic N) is 1. The summed E-state index contributed by atoms with van der Waals surface area (Å²) in [5.41, 5.74) is 0. The smallest absolute Gasteiger partial charge is 0.0702 e. The molecule has 16 heavy (non-hydrogen) atoms. The van der Waals surface area contributed by atoms with Crippen LogP contribution in [0.25, 0.3) is 0 Å². The lowest BCUT2D eigenvalue weighted by molar-refractivity contribution is -0.00945. The quantitative estimate of drug-likeness (QED) is 0.751. The van der Waals surface area contributed by atoms with Gasteiger partial charge in [-0.1, -0.05) is 6.92 Å². The van der Waals surface area contributed by atoms with E-state index in [1.807, 2.05) is 0 Å². The van der Waals surface area contributed by atoms with Gasteiger partial charge in [0.05, 0.1) is 6.10 Å². The Morgan fingerprint density at radius 2 is 2.19 bits per heavy atom. The number of hydrogen-bond donors (Lipinski definition) is 1. The molecule has 1 fully saturated rings. The molecule has 1 heterocycles. The van der Waals surface area contributed by atoms with E-state index in [0.717, 1.165) is 13.2 Å². The number of likely N-dealkylation sites (N-methyl/N-ethyl adjacent to an activating group) is 2. The Morgan fingerprint density at radius 1 is 1.44 bits per heavy atom. The third kappa shape index (κ3) is 4.04. The SMILES string of the molecule is CCC(NC)C(C)N(C)CC1CCCCO1. The molecule has 0 bridgehead atoms. The van der Waals surface area contributed by atoms with Crippen molar-refractivity contribution in [3.63, 3.8) is 0 Å². The summed E-state index contributed by atoms with van der Waals surface area (Å²) in [5, 5.41) is 3.39. The third-order valence-corrected chi connectivity index (χ3v) is 3.85. The standard InChI is InChI=1S/C13H28N2O/c1-5-13(14-3)11(2)15(4)10-12-8-6-7-9-16-12/h11-14H,5-10H2,1-4H3. The molecule has 0 aliphatic carbocycles. The van der Waals surface area contributed by atoms with Crippen LogP contribution in [-0.2, 0) is 4.74 Å². The summed E-state index contributed by atoms with van der Waals surface area (Å²) < 4.78 is 5.78. The van der Waals surface area contributed by atoms with Crippen molar-refractivity contribution in [1.29, 1.82) is 0 Å². The van der Waals surface area contributed by atoms with Gasteiger partial charge in [0.1, 0.15) is 0 Å². The van der Waals surface area contributed by atoms with Crippen LogP contribution in [0.4, 0.5) is 0 Å². The van der Waals surface area contributed by atoms with Gasteiger partial charge in [0.25, 0.3) is 0 Å². The Morgan fingerprint density at radius 3 is 2.69 bits per heavy atom. The lowest BCUT2D eigenvalue weighted by Crippen LogP contribution is -2.48. The van der Waals surface area contributed by atoms with Crippen molar-refractivity contribution in [3.05, 3.63) is 0 Å². The molecule has 0 aromatic carbocycles. The molecule has 1 aliphatic heterocycles. The van der Waals surface area contributed by atoms with Crippen molar-refractivity contribution >= 4 is 0 Å². The normalized spacial score (nSPS) is 25.7. The van der Waals surface area contributed by atoms with E-state index < -0.39 is 0 Å². The van der Waals surface area contributed by atoms with Gasteiger partial charge < -0.3 is 10.1 Å². The van der Waals surface area contributed by atoms with Crippen molar-refractivity contribution in [2.75, 3.05) is 27.2 Å². The average Bonchev–Trinajstić information content (AvgIpc) is 2.31. The molecular weight excluding hydrogens is 200 g/mol. The second-order valence-electron chi connectivity index (χ2n) is 4.97. The molecule has 0 aromatic heterocycles. The van der Waals surface area contributed by atoms with E-state index in [-0.39, 0.29) is 0 Å². The molecule has 0 amide bonds. The van der Waals surface area contributed by atoms with Crippen LogP contribution < -0.4 is 5.32 Å². The summed E-state index contributed by atoms with van der Waals surface area (Å²) in [7, 11) is 4.26. The Hall–Kier alpha value is -0.120. The fourth-order valence-corrected chi connectivity index (χ4v) is 2.53. The number of hydrogen-bond acceptors (Lipinski definition) is 3. The minimum Gasteiger partial charge on any atom is -0.377 e. The first-order valence-electron chi connectivity index (χ1n) is 6.68. The summed E-state index contributed by atoms with van der Waals surface area (Å²) in [5.74, 6) is 0. The van der Waals surface area contributed by atoms with E-state index in [9.17, 15) is 0 Å². The fraction of sp³-hybridized carbons (Fsp3) is 1.00. The van der Waals surface area contributed by atoms with E-state index in [0.29, 0.717) is 18.2 Å². The van der Waals surface area contributed by atoms with Crippen LogP contribution in [0.5, 0.6) is 0 Å². The van der Waals surface area contributed by atoms with E-state index >= 15 is 0 Å². The fourth-order valence-electron chi connectivity index (χ4n) is 2.53. The monoisotopic (exact) mass is 228 g/mol. The number of nitrogens with one attached hydrogen (secondary N) is 1. The molecule has 0 saturated carbocycles. The van der Waals surface area contributed by atoms with Gasteiger partial charge in [0, 0.05) is 25.2 Å². The zero-order chi connectivity index (χ0) is 12.0. The van der Waals surface area contributed by atoms with Crippen LogP contribution in [-0.4, -0.2) is 50.3 Å². The van der Waals surface area contributed by atoms with Crippen molar-refractivity contribution in [2.45, 2.75) is 57.7 Å². The molecule has 3 unspecified atom stereocenters. The lowest BCUT2D eigenvalue weighted by atomic mass is 10.0. The highest BCUT2D eigenvalue weighted by Gasteiger charge is 2.22. The molecule has 0 radical (unpaired) electrons. The molecule has 1 aliphatic rings. The van der Waals surface area contributed by atoms with E-state index in [1.54, 1.807) is 0 Å². The van der Waals surface area contributed by atoms with Gasteiger partial charge in [-0.2, -0.15) is 0 Å². The first kappa shape index (κ1) is 13.9. The van der Waals surface area contributed by atoms with Gasteiger partial charge >= 0.3 is 0 Å². The topological polar surface area (TPSA) is 24.5 Å². The van der Waals surface area contributed by atoms with Gasteiger partial charge in [-0.05, 0) is 46.7 Å². The second-order valence-corrected chi connectivity index (χ2v) is 4.97. The minimum atomic E-state index is 0.454. The molecule has 0 aromatic rings. The highest BCUT2D eigenvalue weighted by atomic mass is 16.5. The summed E-state index contributed by atoms with van der Waals surface area (Å²) in [6.45, 7) is 6.56. The minimum absolute atomic E-state index is 0.454. The van der Waals surface area contributed by atoms with E-state index in [1.165, 1.54) is 25.7 Å². The summed E-state index contributed by atoms with van der Waals surface area (Å²) in [6.07, 6.45) is 5.43. The van der Waals surface area contributed by atoms with Crippen LogP contribution in [0.1, 0.15) is 39.5 Å². The Kier molecular flexibility index (Phi) is 6.32. The highest BCUT2D eigenvalue weighted by molar-refractivity contribution is 4.79. The van der Waals surface area contributed by atoms with Crippen molar-refractivity contribution in [2.24, 2.45) is 0 Å². The van der Waals surface area contributed by atoms with E-state index in [2.05, 4.69) is 38.2 Å². The summed E-state index contributed by atoms with van der Waals surface area (Å²) in [6, 6.07) is 1.15. The van der Waals surface area contributed by atoms with Crippen molar-refractivity contribution in [1.82, 2.24) is 10.2 Å². The lowest BCUT2D eigenvalue weighted by Gasteiger charge is -2.34. The average molecular weight is 228 g/mol. The Bertz CT molecular complexity index is 177. The Labute approximate surface area is 101 Å². The van der Waals surface area contributed by atoms with Gasteiger partial charge in [0.2, 0.25) is 0 Å². The third-order valence-electron chi connectivity index (χ3n) is 3.85. The molecule has 96 valence electrons. The van der Waals surface area contributed by atoms with Crippen LogP contribution in [0, 0.1) is 0 Å². The van der Waals surface area contributed by atoms with Crippen molar-refractivity contribution in [3.8, 4) is 0 Å². The first-order valence-corrected chi connectivity index (χ1v) is 6.68. The van der Waals surface area contributed by atoms with Gasteiger partial charge in [-0.25, -0.2) is 0 Å². The zero-order valence-electron chi connectivity index (χ0n) is 11.3. The zero-order valence-corrected chi connectivity index (χ0v) is 11.3. The maximum absolute atomic E-state index is 5.78. The predicted molar refractivity (Wildman–Crippen MR) is 68.8 cm³/mol. The second kappa shape index (κ2) is 7.25. The maximum Gasteiger partial charge on any atom is 0.0702 e. The van der Waals surface area contributed by atoms with Crippen LogP contribution >= 0.6 is 0 Å². The molecule has 1 saturated heterocycles. The van der Waals surface area contributed by atoms with Gasteiger partial charge in [0.15, 0.2) is 0 Å².